The van der Waals surface area contributed by atoms with Crippen LogP contribution in [0.4, 0.5) is 0 Å². The van der Waals surface area contributed by atoms with E-state index in [0.29, 0.717) is 12.7 Å². The molecule has 6 heteroatoms. The van der Waals surface area contributed by atoms with Crippen LogP contribution in [0.5, 0.6) is 0 Å². The van der Waals surface area contributed by atoms with Crippen molar-refractivity contribution in [3.63, 3.8) is 0 Å². The van der Waals surface area contributed by atoms with Crippen LogP contribution in [0.3, 0.4) is 0 Å². The molecular formula is C13H17BrN4O. The van der Waals surface area contributed by atoms with Gasteiger partial charge < -0.3 is 15.0 Å². The summed E-state index contributed by atoms with van der Waals surface area (Å²) in [5.74, 6) is 0.939. The van der Waals surface area contributed by atoms with Crippen LogP contribution in [0.2, 0.25) is 0 Å². The summed E-state index contributed by atoms with van der Waals surface area (Å²) in [6.07, 6.45) is 5.18. The van der Waals surface area contributed by atoms with Crippen LogP contribution in [0, 0.1) is 0 Å². The van der Waals surface area contributed by atoms with Crippen LogP contribution in [-0.2, 0) is 11.2 Å². The van der Waals surface area contributed by atoms with Crippen molar-refractivity contribution in [1.29, 1.82) is 0 Å². The van der Waals surface area contributed by atoms with Gasteiger partial charge in [0.05, 0.1) is 18.2 Å². The summed E-state index contributed by atoms with van der Waals surface area (Å²) < 4.78 is 6.84. The first-order chi connectivity index (χ1) is 9.31. The fourth-order valence-corrected chi connectivity index (χ4v) is 2.66. The van der Waals surface area contributed by atoms with E-state index in [1.165, 1.54) is 0 Å². The quantitative estimate of drug-likeness (QED) is 0.903. The predicted molar refractivity (Wildman–Crippen MR) is 77.1 cm³/mol. The average molecular weight is 325 g/mol. The molecule has 0 unspecified atom stereocenters. The molecule has 0 atom stereocenters. The first-order valence-electron chi connectivity index (χ1n) is 6.64. The second kappa shape index (κ2) is 5.98. The summed E-state index contributed by atoms with van der Waals surface area (Å²) in [6, 6.07) is 1.99. The van der Waals surface area contributed by atoms with Crippen molar-refractivity contribution in [1.82, 2.24) is 20.3 Å². The fourth-order valence-electron chi connectivity index (χ4n) is 2.33. The van der Waals surface area contributed by atoms with Gasteiger partial charge in [0.1, 0.15) is 5.82 Å². The van der Waals surface area contributed by atoms with Crippen molar-refractivity contribution < 1.29 is 4.74 Å². The van der Waals surface area contributed by atoms with E-state index in [4.69, 9.17) is 4.74 Å². The summed E-state index contributed by atoms with van der Waals surface area (Å²) in [6.45, 7) is 2.84. The lowest BCUT2D eigenvalue weighted by molar-refractivity contribution is 0.0343. The van der Waals surface area contributed by atoms with Crippen molar-refractivity contribution in [2.24, 2.45) is 0 Å². The number of rotatable bonds is 4. The summed E-state index contributed by atoms with van der Waals surface area (Å²) in [7, 11) is 0. The lowest BCUT2D eigenvalue weighted by atomic mass is 10.1. The predicted octanol–water partition coefficient (Wildman–Crippen LogP) is 2.03. The zero-order valence-corrected chi connectivity index (χ0v) is 12.2. The minimum Gasteiger partial charge on any atom is -0.378 e. The Labute approximate surface area is 120 Å². The molecule has 2 aromatic heterocycles. The van der Waals surface area contributed by atoms with Gasteiger partial charge in [0, 0.05) is 17.1 Å². The van der Waals surface area contributed by atoms with Gasteiger partial charge in [-0.15, -0.1) is 0 Å². The highest BCUT2D eigenvalue weighted by Crippen LogP contribution is 2.15. The lowest BCUT2D eigenvalue weighted by Crippen LogP contribution is -2.32. The fraction of sp³-hybridized carbons (Fsp3) is 0.538. The molecule has 1 fully saturated rings. The third-order valence-corrected chi connectivity index (χ3v) is 3.77. The Hall–Kier alpha value is -0.980. The van der Waals surface area contributed by atoms with Crippen LogP contribution >= 0.6 is 15.9 Å². The maximum absolute atomic E-state index is 5.88. The second-order valence-corrected chi connectivity index (χ2v) is 5.69. The minimum absolute atomic E-state index is 0.401. The van der Waals surface area contributed by atoms with E-state index in [0.717, 1.165) is 53.8 Å². The smallest absolute Gasteiger partial charge is 0.177 e. The highest BCUT2D eigenvalue weighted by Gasteiger charge is 2.13. The molecule has 0 aliphatic carbocycles. The monoisotopic (exact) mass is 324 g/mol. The molecule has 0 radical (unpaired) electrons. The van der Waals surface area contributed by atoms with Crippen LogP contribution < -0.4 is 5.32 Å². The minimum atomic E-state index is 0.401. The maximum Gasteiger partial charge on any atom is 0.177 e. The first-order valence-corrected chi connectivity index (χ1v) is 7.43. The van der Waals surface area contributed by atoms with E-state index in [1.54, 1.807) is 6.20 Å². The summed E-state index contributed by atoms with van der Waals surface area (Å²) in [5.41, 5.74) is 1.73. The molecule has 1 saturated heterocycles. The highest BCUT2D eigenvalue weighted by atomic mass is 79.9. The second-order valence-electron chi connectivity index (χ2n) is 4.78. The van der Waals surface area contributed by atoms with Gasteiger partial charge in [-0.2, -0.15) is 0 Å². The molecule has 0 saturated carbocycles. The van der Waals surface area contributed by atoms with Crippen molar-refractivity contribution >= 4 is 27.1 Å². The molecule has 2 aromatic rings. The van der Waals surface area contributed by atoms with E-state index >= 15 is 0 Å². The number of aromatic amines is 1. The van der Waals surface area contributed by atoms with Crippen LogP contribution in [0.1, 0.15) is 18.7 Å². The number of aromatic nitrogens is 3. The number of H-pyrrole nitrogens is 1. The number of halogens is 1. The molecule has 19 heavy (non-hydrogen) atoms. The molecule has 3 heterocycles. The van der Waals surface area contributed by atoms with E-state index in [9.17, 15) is 0 Å². The molecule has 2 N–H and O–H groups in total. The Morgan fingerprint density at radius 1 is 1.37 bits per heavy atom. The normalized spacial score (nSPS) is 17.1. The standard InChI is InChI=1S/C13H17BrN4O/c14-9-7-11-13(16-8-9)18-12(17-11)3-6-19-10-1-4-15-5-2-10/h7-8,10,15H,1-6H2,(H,16,17,18). The Morgan fingerprint density at radius 2 is 2.21 bits per heavy atom. The third-order valence-electron chi connectivity index (χ3n) is 3.33. The van der Waals surface area contributed by atoms with E-state index in [1.807, 2.05) is 6.07 Å². The molecule has 0 bridgehead atoms. The molecule has 1 aliphatic rings. The number of ether oxygens (including phenoxy) is 1. The number of nitrogens with one attached hydrogen (secondary N) is 2. The van der Waals surface area contributed by atoms with Gasteiger partial charge in [0.2, 0.25) is 0 Å². The lowest BCUT2D eigenvalue weighted by Gasteiger charge is -2.22. The van der Waals surface area contributed by atoms with Gasteiger partial charge in [-0.05, 0) is 47.9 Å². The molecular weight excluding hydrogens is 308 g/mol. The van der Waals surface area contributed by atoms with Crippen LogP contribution in [-0.4, -0.2) is 40.8 Å². The van der Waals surface area contributed by atoms with E-state index < -0.39 is 0 Å². The topological polar surface area (TPSA) is 62.8 Å². The number of imidazole rings is 1. The largest absolute Gasteiger partial charge is 0.378 e. The number of piperidine rings is 1. The van der Waals surface area contributed by atoms with Crippen LogP contribution in [0.25, 0.3) is 11.2 Å². The molecule has 0 spiro atoms. The molecule has 0 amide bonds. The zero-order chi connectivity index (χ0) is 13.1. The van der Waals surface area contributed by atoms with Crippen molar-refractivity contribution in [3.8, 4) is 0 Å². The number of nitrogens with zero attached hydrogens (tertiary/aromatic N) is 2. The molecule has 0 aromatic carbocycles. The van der Waals surface area contributed by atoms with E-state index in [2.05, 4.69) is 36.2 Å². The summed E-state index contributed by atoms with van der Waals surface area (Å²) in [4.78, 5) is 12.0. The molecule has 3 rings (SSSR count). The Balaban J connectivity index is 1.56. The summed E-state index contributed by atoms with van der Waals surface area (Å²) >= 11 is 3.41. The van der Waals surface area contributed by atoms with Crippen molar-refractivity contribution in [2.45, 2.75) is 25.4 Å². The van der Waals surface area contributed by atoms with E-state index in [-0.39, 0.29) is 0 Å². The Morgan fingerprint density at radius 3 is 3.05 bits per heavy atom. The van der Waals surface area contributed by atoms with Gasteiger partial charge in [0.25, 0.3) is 0 Å². The van der Waals surface area contributed by atoms with Gasteiger partial charge in [-0.3, -0.25) is 0 Å². The van der Waals surface area contributed by atoms with Crippen molar-refractivity contribution in [3.05, 3.63) is 22.6 Å². The highest BCUT2D eigenvalue weighted by molar-refractivity contribution is 9.10. The van der Waals surface area contributed by atoms with Gasteiger partial charge in [-0.25, -0.2) is 9.97 Å². The van der Waals surface area contributed by atoms with Crippen molar-refractivity contribution in [2.75, 3.05) is 19.7 Å². The number of hydrogen-bond donors (Lipinski definition) is 2. The van der Waals surface area contributed by atoms with Gasteiger partial charge >= 0.3 is 0 Å². The van der Waals surface area contributed by atoms with Gasteiger partial charge in [-0.1, -0.05) is 0 Å². The molecule has 102 valence electrons. The molecule has 5 nitrogen and oxygen atoms in total. The Bertz CT molecular complexity index is 551. The third kappa shape index (κ3) is 3.32. The zero-order valence-electron chi connectivity index (χ0n) is 10.7. The number of hydrogen-bond acceptors (Lipinski definition) is 4. The summed E-state index contributed by atoms with van der Waals surface area (Å²) in [5, 5.41) is 3.33. The first kappa shape index (κ1) is 13.0. The SMILES string of the molecule is Brc1cnc2nc(CCOC3CCNCC3)[nH]c2c1. The number of pyridine rings is 1. The maximum atomic E-state index is 5.88. The average Bonchev–Trinajstić information content (AvgIpc) is 2.82. The Kier molecular flexibility index (Phi) is 4.10. The van der Waals surface area contributed by atoms with Gasteiger partial charge in [0.15, 0.2) is 5.65 Å². The molecule has 1 aliphatic heterocycles. The van der Waals surface area contributed by atoms with Crippen LogP contribution in [0.15, 0.2) is 16.7 Å². The number of fused-ring (bicyclic) bond motifs is 1.